The van der Waals surface area contributed by atoms with E-state index in [4.69, 9.17) is 0 Å². The van der Waals surface area contributed by atoms with Crippen molar-refractivity contribution in [3.63, 3.8) is 0 Å². The van der Waals surface area contributed by atoms with Crippen LogP contribution in [0.1, 0.15) is 5.56 Å². The van der Waals surface area contributed by atoms with Gasteiger partial charge in [-0.25, -0.2) is 4.98 Å². The van der Waals surface area contributed by atoms with E-state index in [1.54, 1.807) is 17.6 Å². The van der Waals surface area contributed by atoms with Gasteiger partial charge in [0.1, 0.15) is 0 Å². The van der Waals surface area contributed by atoms with Crippen molar-refractivity contribution >= 4 is 48.8 Å². The lowest BCUT2D eigenvalue weighted by Gasteiger charge is -1.96. The molecule has 5 heteroatoms. The third-order valence-electron chi connectivity index (χ3n) is 2.56. The second-order valence-electron chi connectivity index (χ2n) is 3.88. The van der Waals surface area contributed by atoms with Gasteiger partial charge in [0.25, 0.3) is 0 Å². The van der Waals surface area contributed by atoms with Crippen LogP contribution in [0.3, 0.4) is 0 Å². The molecule has 0 amide bonds. The van der Waals surface area contributed by atoms with E-state index in [9.17, 15) is 0 Å². The van der Waals surface area contributed by atoms with Crippen LogP contribution < -0.4 is 5.43 Å². The normalized spacial score (nSPS) is 11.2. The lowest BCUT2D eigenvalue weighted by molar-refractivity contribution is 1.31. The van der Waals surface area contributed by atoms with Crippen LogP contribution in [0.4, 0.5) is 5.13 Å². The molecular formula is C14H10BrN3S. The number of thiazole rings is 1. The van der Waals surface area contributed by atoms with Gasteiger partial charge in [-0.05, 0) is 18.2 Å². The third-order valence-corrected chi connectivity index (χ3v) is 4.23. The van der Waals surface area contributed by atoms with Crippen molar-refractivity contribution in [1.29, 1.82) is 0 Å². The molecule has 3 aromatic rings. The van der Waals surface area contributed by atoms with Crippen LogP contribution in [-0.4, -0.2) is 11.2 Å². The van der Waals surface area contributed by atoms with Gasteiger partial charge < -0.3 is 0 Å². The number of hydrogen-bond donors (Lipinski definition) is 1. The quantitative estimate of drug-likeness (QED) is 0.566. The Kier molecular flexibility index (Phi) is 3.57. The molecule has 19 heavy (non-hydrogen) atoms. The number of para-hydroxylation sites is 1. The number of aromatic nitrogens is 1. The predicted octanol–water partition coefficient (Wildman–Crippen LogP) is 4.50. The number of halogens is 1. The smallest absolute Gasteiger partial charge is 0.204 e. The van der Waals surface area contributed by atoms with E-state index in [0.717, 1.165) is 25.4 Å². The van der Waals surface area contributed by atoms with Crippen LogP contribution in [0.15, 0.2) is 58.1 Å². The van der Waals surface area contributed by atoms with E-state index in [1.165, 1.54) is 0 Å². The molecule has 1 heterocycles. The Morgan fingerprint density at radius 3 is 2.74 bits per heavy atom. The Morgan fingerprint density at radius 1 is 1.11 bits per heavy atom. The molecule has 0 fully saturated rings. The second-order valence-corrected chi connectivity index (χ2v) is 5.76. The molecule has 0 atom stereocenters. The first-order chi connectivity index (χ1) is 9.33. The summed E-state index contributed by atoms with van der Waals surface area (Å²) in [5, 5.41) is 5.01. The van der Waals surface area contributed by atoms with Crippen LogP contribution in [0, 0.1) is 0 Å². The van der Waals surface area contributed by atoms with Gasteiger partial charge >= 0.3 is 0 Å². The minimum Gasteiger partial charge on any atom is -0.253 e. The third kappa shape index (κ3) is 2.83. The van der Waals surface area contributed by atoms with E-state index in [-0.39, 0.29) is 0 Å². The van der Waals surface area contributed by atoms with Gasteiger partial charge in [0.15, 0.2) is 0 Å². The van der Waals surface area contributed by atoms with Crippen molar-refractivity contribution in [3.8, 4) is 0 Å². The molecule has 0 radical (unpaired) electrons. The summed E-state index contributed by atoms with van der Waals surface area (Å²) in [5.41, 5.74) is 4.98. The molecule has 3 rings (SSSR count). The Labute approximate surface area is 123 Å². The van der Waals surface area contributed by atoms with Crippen LogP contribution in [0.5, 0.6) is 0 Å². The number of benzene rings is 2. The molecule has 0 aliphatic rings. The standard InChI is InChI=1S/C14H10BrN3S/c15-11-6-2-1-5-10(11)9-16-18-14-17-12-7-3-4-8-13(12)19-14/h1-9H,(H,17,18). The maximum Gasteiger partial charge on any atom is 0.204 e. The largest absolute Gasteiger partial charge is 0.253 e. The van der Waals surface area contributed by atoms with Gasteiger partial charge in [-0.15, -0.1) is 0 Å². The minimum absolute atomic E-state index is 0.796. The summed E-state index contributed by atoms with van der Waals surface area (Å²) in [4.78, 5) is 4.45. The SMILES string of the molecule is Brc1ccccc1C=NNc1nc2ccccc2s1. The van der Waals surface area contributed by atoms with Crippen molar-refractivity contribution in [2.24, 2.45) is 5.10 Å². The topological polar surface area (TPSA) is 37.3 Å². The van der Waals surface area contributed by atoms with E-state index in [2.05, 4.69) is 37.5 Å². The van der Waals surface area contributed by atoms with E-state index < -0.39 is 0 Å². The Balaban J connectivity index is 1.77. The zero-order valence-corrected chi connectivity index (χ0v) is 12.3. The van der Waals surface area contributed by atoms with Crippen molar-refractivity contribution in [3.05, 3.63) is 58.6 Å². The van der Waals surface area contributed by atoms with Gasteiger partial charge in [0.05, 0.1) is 16.4 Å². The summed E-state index contributed by atoms with van der Waals surface area (Å²) >= 11 is 5.07. The summed E-state index contributed by atoms with van der Waals surface area (Å²) in [6, 6.07) is 16.0. The number of nitrogens with zero attached hydrogens (tertiary/aromatic N) is 2. The Hall–Kier alpha value is -1.72. The highest BCUT2D eigenvalue weighted by Crippen LogP contribution is 2.25. The molecule has 0 bridgehead atoms. The second kappa shape index (κ2) is 5.50. The molecule has 0 saturated carbocycles. The average Bonchev–Trinajstić information content (AvgIpc) is 2.83. The highest BCUT2D eigenvalue weighted by Gasteiger charge is 2.00. The first kappa shape index (κ1) is 12.3. The zero-order chi connectivity index (χ0) is 13.1. The van der Waals surface area contributed by atoms with Gasteiger partial charge in [-0.1, -0.05) is 57.6 Å². The van der Waals surface area contributed by atoms with Crippen LogP contribution >= 0.6 is 27.3 Å². The van der Waals surface area contributed by atoms with Crippen molar-refractivity contribution < 1.29 is 0 Å². The fourth-order valence-corrected chi connectivity index (χ4v) is 2.86. The van der Waals surface area contributed by atoms with Crippen LogP contribution in [0.25, 0.3) is 10.2 Å². The van der Waals surface area contributed by atoms with E-state index in [1.807, 2.05) is 42.5 Å². The number of hydrazone groups is 1. The summed E-state index contributed by atoms with van der Waals surface area (Å²) in [7, 11) is 0. The molecule has 94 valence electrons. The van der Waals surface area contributed by atoms with Crippen molar-refractivity contribution in [2.75, 3.05) is 5.43 Å². The highest BCUT2D eigenvalue weighted by atomic mass is 79.9. The van der Waals surface area contributed by atoms with Gasteiger partial charge in [0, 0.05) is 10.0 Å². The lowest BCUT2D eigenvalue weighted by atomic mass is 10.2. The zero-order valence-electron chi connectivity index (χ0n) is 9.88. The van der Waals surface area contributed by atoms with E-state index in [0.29, 0.717) is 0 Å². The predicted molar refractivity (Wildman–Crippen MR) is 85.0 cm³/mol. The number of fused-ring (bicyclic) bond motifs is 1. The monoisotopic (exact) mass is 331 g/mol. The molecule has 0 unspecified atom stereocenters. The lowest BCUT2D eigenvalue weighted by Crippen LogP contribution is -1.90. The highest BCUT2D eigenvalue weighted by molar-refractivity contribution is 9.10. The molecule has 0 aliphatic carbocycles. The Morgan fingerprint density at radius 2 is 1.89 bits per heavy atom. The summed E-state index contributed by atoms with van der Waals surface area (Å²) < 4.78 is 2.17. The fraction of sp³-hybridized carbons (Fsp3) is 0. The molecule has 0 saturated heterocycles. The molecule has 1 aromatic heterocycles. The number of nitrogens with one attached hydrogen (secondary N) is 1. The molecule has 0 spiro atoms. The summed E-state index contributed by atoms with van der Waals surface area (Å²) in [6.07, 6.45) is 1.77. The summed E-state index contributed by atoms with van der Waals surface area (Å²) in [5.74, 6) is 0. The summed E-state index contributed by atoms with van der Waals surface area (Å²) in [6.45, 7) is 0. The molecule has 0 aliphatic heterocycles. The molecule has 1 N–H and O–H groups in total. The van der Waals surface area contributed by atoms with Crippen molar-refractivity contribution in [1.82, 2.24) is 4.98 Å². The number of anilines is 1. The van der Waals surface area contributed by atoms with Crippen LogP contribution in [0.2, 0.25) is 0 Å². The molecule has 2 aromatic carbocycles. The fourth-order valence-electron chi connectivity index (χ4n) is 1.66. The molecule has 3 nitrogen and oxygen atoms in total. The van der Waals surface area contributed by atoms with Crippen LogP contribution in [-0.2, 0) is 0 Å². The minimum atomic E-state index is 0.796. The first-order valence-electron chi connectivity index (χ1n) is 5.72. The maximum absolute atomic E-state index is 4.45. The Bertz CT molecular complexity index is 703. The van der Waals surface area contributed by atoms with Gasteiger partial charge in [0.2, 0.25) is 5.13 Å². The van der Waals surface area contributed by atoms with Crippen molar-refractivity contribution in [2.45, 2.75) is 0 Å². The van der Waals surface area contributed by atoms with E-state index >= 15 is 0 Å². The first-order valence-corrected chi connectivity index (χ1v) is 7.33. The number of rotatable bonds is 3. The maximum atomic E-state index is 4.45. The van der Waals surface area contributed by atoms with Gasteiger partial charge in [-0.3, -0.25) is 5.43 Å². The molecular weight excluding hydrogens is 322 g/mol. The number of hydrogen-bond acceptors (Lipinski definition) is 4. The average molecular weight is 332 g/mol. The van der Waals surface area contributed by atoms with Gasteiger partial charge in [-0.2, -0.15) is 5.10 Å².